The molecule has 2 N–H and O–H groups in total. The van der Waals surface area contributed by atoms with Crippen molar-refractivity contribution in [1.82, 2.24) is 0 Å². The van der Waals surface area contributed by atoms with Crippen molar-refractivity contribution in [2.24, 2.45) is 5.73 Å². The third-order valence-corrected chi connectivity index (χ3v) is 3.33. The van der Waals surface area contributed by atoms with Gasteiger partial charge in [0.1, 0.15) is 12.4 Å². The maximum atomic E-state index is 5.94. The molecule has 3 nitrogen and oxygen atoms in total. The van der Waals surface area contributed by atoms with Crippen LogP contribution in [0.4, 0.5) is 0 Å². The van der Waals surface area contributed by atoms with E-state index in [1.165, 1.54) is 5.56 Å². The standard InChI is InChI=1S/C14H22BrNO2/c1-3-12(16)9-11-5-6-14(13(15)10-11)18-8-7-17-4-2/h5-6,10,12H,3-4,7-9,16H2,1-2H3. The van der Waals surface area contributed by atoms with Crippen LogP contribution in [-0.4, -0.2) is 25.9 Å². The first-order valence-electron chi connectivity index (χ1n) is 6.41. The van der Waals surface area contributed by atoms with Crippen molar-refractivity contribution in [1.29, 1.82) is 0 Å². The van der Waals surface area contributed by atoms with Crippen LogP contribution in [0.1, 0.15) is 25.8 Å². The van der Waals surface area contributed by atoms with Crippen molar-refractivity contribution in [3.8, 4) is 5.75 Å². The van der Waals surface area contributed by atoms with E-state index in [-0.39, 0.29) is 6.04 Å². The summed E-state index contributed by atoms with van der Waals surface area (Å²) in [6, 6.07) is 6.34. The molecule has 0 fully saturated rings. The van der Waals surface area contributed by atoms with E-state index in [9.17, 15) is 0 Å². The number of rotatable bonds is 8. The lowest BCUT2D eigenvalue weighted by Crippen LogP contribution is -2.21. The minimum atomic E-state index is 0.224. The Bertz CT molecular complexity index is 358. The van der Waals surface area contributed by atoms with Gasteiger partial charge in [-0.25, -0.2) is 0 Å². The van der Waals surface area contributed by atoms with Gasteiger partial charge >= 0.3 is 0 Å². The highest BCUT2D eigenvalue weighted by molar-refractivity contribution is 9.10. The molecule has 0 saturated heterocycles. The average molecular weight is 316 g/mol. The summed E-state index contributed by atoms with van der Waals surface area (Å²) in [6.07, 6.45) is 1.89. The molecule has 0 heterocycles. The quantitative estimate of drug-likeness (QED) is 0.749. The predicted octanol–water partition coefficient (Wildman–Crippen LogP) is 3.14. The summed E-state index contributed by atoms with van der Waals surface area (Å²) in [5.74, 6) is 0.850. The SMILES string of the molecule is CCOCCOc1ccc(CC(N)CC)cc1Br. The van der Waals surface area contributed by atoms with E-state index < -0.39 is 0 Å². The number of nitrogens with two attached hydrogens (primary N) is 1. The normalized spacial score (nSPS) is 12.4. The van der Waals surface area contributed by atoms with Gasteiger partial charge < -0.3 is 15.2 Å². The van der Waals surface area contributed by atoms with E-state index in [0.717, 1.165) is 29.7 Å². The molecule has 1 aromatic carbocycles. The number of benzene rings is 1. The summed E-state index contributed by atoms with van der Waals surface area (Å²) in [4.78, 5) is 0. The molecule has 1 rings (SSSR count). The number of halogens is 1. The number of ether oxygens (including phenoxy) is 2. The Kier molecular flexibility index (Phi) is 7.32. The van der Waals surface area contributed by atoms with Crippen molar-refractivity contribution in [3.05, 3.63) is 28.2 Å². The molecule has 0 aliphatic rings. The van der Waals surface area contributed by atoms with Gasteiger partial charge in [-0.1, -0.05) is 13.0 Å². The zero-order chi connectivity index (χ0) is 13.4. The van der Waals surface area contributed by atoms with Crippen LogP contribution in [0.2, 0.25) is 0 Å². The van der Waals surface area contributed by atoms with Gasteiger partial charge in [-0.2, -0.15) is 0 Å². The first-order valence-corrected chi connectivity index (χ1v) is 7.21. The van der Waals surface area contributed by atoms with Crippen molar-refractivity contribution < 1.29 is 9.47 Å². The summed E-state index contributed by atoms with van der Waals surface area (Å²) in [6.45, 7) is 5.98. The molecule has 0 saturated carbocycles. The van der Waals surface area contributed by atoms with Gasteiger partial charge in [-0.15, -0.1) is 0 Å². The van der Waals surface area contributed by atoms with Gasteiger partial charge in [-0.05, 0) is 53.4 Å². The molecule has 1 aromatic rings. The van der Waals surface area contributed by atoms with Gasteiger partial charge in [0.05, 0.1) is 11.1 Å². The van der Waals surface area contributed by atoms with Crippen LogP contribution in [0.5, 0.6) is 5.75 Å². The Morgan fingerprint density at radius 3 is 2.67 bits per heavy atom. The molecule has 1 atom stereocenters. The van der Waals surface area contributed by atoms with Crippen LogP contribution < -0.4 is 10.5 Å². The molecule has 18 heavy (non-hydrogen) atoms. The molecule has 0 aliphatic carbocycles. The van der Waals surface area contributed by atoms with Crippen LogP contribution >= 0.6 is 15.9 Å². The fourth-order valence-electron chi connectivity index (χ4n) is 1.59. The van der Waals surface area contributed by atoms with E-state index in [1.54, 1.807) is 0 Å². The van der Waals surface area contributed by atoms with Crippen LogP contribution in [0.25, 0.3) is 0 Å². The lowest BCUT2D eigenvalue weighted by atomic mass is 10.0. The molecule has 0 aliphatic heterocycles. The van der Waals surface area contributed by atoms with Crippen LogP contribution in [0.15, 0.2) is 22.7 Å². The molecule has 102 valence electrons. The molecule has 0 radical (unpaired) electrons. The molecule has 4 heteroatoms. The monoisotopic (exact) mass is 315 g/mol. The van der Waals surface area contributed by atoms with E-state index >= 15 is 0 Å². The minimum Gasteiger partial charge on any atom is -0.490 e. The number of hydrogen-bond donors (Lipinski definition) is 1. The Labute approximate surface area is 118 Å². The first kappa shape index (κ1) is 15.5. The Morgan fingerprint density at radius 2 is 2.06 bits per heavy atom. The Morgan fingerprint density at radius 1 is 1.28 bits per heavy atom. The fraction of sp³-hybridized carbons (Fsp3) is 0.571. The maximum Gasteiger partial charge on any atom is 0.133 e. The summed E-state index contributed by atoms with van der Waals surface area (Å²) >= 11 is 3.52. The largest absolute Gasteiger partial charge is 0.490 e. The molecular weight excluding hydrogens is 294 g/mol. The topological polar surface area (TPSA) is 44.5 Å². The number of hydrogen-bond acceptors (Lipinski definition) is 3. The van der Waals surface area contributed by atoms with Gasteiger partial charge in [0.25, 0.3) is 0 Å². The van der Waals surface area contributed by atoms with Crippen molar-refractivity contribution in [2.45, 2.75) is 32.7 Å². The van der Waals surface area contributed by atoms with Gasteiger partial charge in [0, 0.05) is 12.6 Å². The third kappa shape index (κ3) is 5.38. The lowest BCUT2D eigenvalue weighted by molar-refractivity contribution is 0.110. The van der Waals surface area contributed by atoms with Gasteiger partial charge in [0.15, 0.2) is 0 Å². The van der Waals surface area contributed by atoms with E-state index in [4.69, 9.17) is 15.2 Å². The summed E-state index contributed by atoms with van der Waals surface area (Å²) in [7, 11) is 0. The summed E-state index contributed by atoms with van der Waals surface area (Å²) in [5, 5.41) is 0. The second-order valence-electron chi connectivity index (χ2n) is 4.18. The fourth-order valence-corrected chi connectivity index (χ4v) is 2.13. The average Bonchev–Trinajstić information content (AvgIpc) is 2.36. The molecular formula is C14H22BrNO2. The highest BCUT2D eigenvalue weighted by Crippen LogP contribution is 2.26. The second-order valence-corrected chi connectivity index (χ2v) is 5.04. The minimum absolute atomic E-state index is 0.224. The van der Waals surface area contributed by atoms with Crippen LogP contribution in [0, 0.1) is 0 Å². The van der Waals surface area contributed by atoms with E-state index in [2.05, 4.69) is 35.0 Å². The first-order chi connectivity index (χ1) is 8.67. The lowest BCUT2D eigenvalue weighted by Gasteiger charge is -2.12. The summed E-state index contributed by atoms with van der Waals surface area (Å²) < 4.78 is 11.8. The summed E-state index contributed by atoms with van der Waals surface area (Å²) in [5.41, 5.74) is 7.17. The maximum absolute atomic E-state index is 5.94. The van der Waals surface area contributed by atoms with Crippen molar-refractivity contribution in [2.75, 3.05) is 19.8 Å². The van der Waals surface area contributed by atoms with E-state index in [0.29, 0.717) is 13.2 Å². The van der Waals surface area contributed by atoms with Crippen molar-refractivity contribution in [3.63, 3.8) is 0 Å². The molecule has 0 amide bonds. The van der Waals surface area contributed by atoms with Gasteiger partial charge in [-0.3, -0.25) is 0 Å². The predicted molar refractivity (Wildman–Crippen MR) is 78.1 cm³/mol. The molecule has 0 spiro atoms. The zero-order valence-corrected chi connectivity index (χ0v) is 12.7. The van der Waals surface area contributed by atoms with E-state index in [1.807, 2.05) is 13.0 Å². The molecule has 0 bridgehead atoms. The van der Waals surface area contributed by atoms with Crippen LogP contribution in [0.3, 0.4) is 0 Å². The highest BCUT2D eigenvalue weighted by Gasteiger charge is 2.05. The third-order valence-electron chi connectivity index (χ3n) is 2.71. The highest BCUT2D eigenvalue weighted by atomic mass is 79.9. The van der Waals surface area contributed by atoms with Crippen molar-refractivity contribution >= 4 is 15.9 Å². The molecule has 1 unspecified atom stereocenters. The van der Waals surface area contributed by atoms with Gasteiger partial charge in [0.2, 0.25) is 0 Å². The Balaban J connectivity index is 2.51. The van der Waals surface area contributed by atoms with Crippen LogP contribution in [-0.2, 0) is 11.2 Å². The second kappa shape index (κ2) is 8.51. The smallest absolute Gasteiger partial charge is 0.133 e. The molecule has 0 aromatic heterocycles. The zero-order valence-electron chi connectivity index (χ0n) is 11.1. The Hall–Kier alpha value is -0.580.